The van der Waals surface area contributed by atoms with Crippen LogP contribution in [-0.4, -0.2) is 37.0 Å². The third kappa shape index (κ3) is 6.27. The first-order chi connectivity index (χ1) is 11.6. The van der Waals surface area contributed by atoms with Crippen molar-refractivity contribution in [2.45, 2.75) is 58.8 Å². The minimum absolute atomic E-state index is 0.0758. The van der Waals surface area contributed by atoms with Gasteiger partial charge in [0.05, 0.1) is 5.92 Å². The Balaban J connectivity index is 1.71. The first-order valence-corrected chi connectivity index (χ1v) is 9.65. The third-order valence-corrected chi connectivity index (χ3v) is 4.92. The lowest BCUT2D eigenvalue weighted by Crippen LogP contribution is -2.34. The van der Waals surface area contributed by atoms with E-state index in [1.807, 2.05) is 6.92 Å². The first kappa shape index (κ1) is 19.0. The maximum Gasteiger partial charge on any atom is 0.227 e. The molecule has 1 fully saturated rings. The highest BCUT2D eigenvalue weighted by Gasteiger charge is 2.15. The van der Waals surface area contributed by atoms with Crippen LogP contribution in [0.4, 0.5) is 0 Å². The second-order valence-corrected chi connectivity index (χ2v) is 7.61. The van der Waals surface area contributed by atoms with E-state index in [4.69, 9.17) is 0 Å². The highest BCUT2D eigenvalue weighted by molar-refractivity contribution is 5.83. The minimum Gasteiger partial charge on any atom is -0.356 e. The third-order valence-electron chi connectivity index (χ3n) is 4.92. The zero-order chi connectivity index (χ0) is 17.4. The van der Waals surface area contributed by atoms with Gasteiger partial charge in [-0.15, -0.1) is 0 Å². The van der Waals surface area contributed by atoms with E-state index in [1.165, 1.54) is 37.9 Å². The topological polar surface area (TPSA) is 32.3 Å². The zero-order valence-corrected chi connectivity index (χ0v) is 15.7. The molecule has 3 heteroatoms. The fourth-order valence-electron chi connectivity index (χ4n) is 3.42. The van der Waals surface area contributed by atoms with E-state index in [-0.39, 0.29) is 11.8 Å². The van der Waals surface area contributed by atoms with Crippen LogP contribution in [0.2, 0.25) is 0 Å². The summed E-state index contributed by atoms with van der Waals surface area (Å²) in [7, 11) is 0. The van der Waals surface area contributed by atoms with Crippen molar-refractivity contribution < 1.29 is 4.79 Å². The largest absolute Gasteiger partial charge is 0.356 e. The summed E-state index contributed by atoms with van der Waals surface area (Å²) in [5.41, 5.74) is 2.46. The van der Waals surface area contributed by atoms with E-state index in [0.29, 0.717) is 5.92 Å². The average molecular weight is 331 g/mol. The summed E-state index contributed by atoms with van der Waals surface area (Å²) in [4.78, 5) is 14.9. The Bertz CT molecular complexity index is 489. The van der Waals surface area contributed by atoms with Gasteiger partial charge in [0.1, 0.15) is 0 Å². The van der Waals surface area contributed by atoms with E-state index < -0.39 is 0 Å². The standard InChI is InChI=1S/C21H34N2O/c1-17(2)16-19-8-10-20(11-9-19)18(3)21(24)22-12-7-15-23-13-5-4-6-14-23/h8-11,17-18H,4-7,12-16H2,1-3H3,(H,22,24)/t18-/m1/s1. The number of nitrogens with zero attached hydrogens (tertiary/aromatic N) is 1. The van der Waals surface area contributed by atoms with Crippen LogP contribution in [0.3, 0.4) is 0 Å². The van der Waals surface area contributed by atoms with E-state index in [0.717, 1.165) is 31.5 Å². The molecule has 0 saturated carbocycles. The summed E-state index contributed by atoms with van der Waals surface area (Å²) >= 11 is 0. The number of carbonyl (C=O) groups is 1. The number of carbonyl (C=O) groups excluding carboxylic acids is 1. The number of benzene rings is 1. The highest BCUT2D eigenvalue weighted by atomic mass is 16.1. The molecule has 1 aliphatic heterocycles. The molecule has 0 aliphatic carbocycles. The highest BCUT2D eigenvalue weighted by Crippen LogP contribution is 2.17. The molecule has 1 heterocycles. The Labute approximate surface area is 147 Å². The predicted molar refractivity (Wildman–Crippen MR) is 101 cm³/mol. The van der Waals surface area contributed by atoms with E-state index in [1.54, 1.807) is 0 Å². The molecule has 0 bridgehead atoms. The lowest BCUT2D eigenvalue weighted by molar-refractivity contribution is -0.122. The molecule has 2 rings (SSSR count). The molecule has 1 aromatic carbocycles. The van der Waals surface area contributed by atoms with Gasteiger partial charge in [-0.25, -0.2) is 0 Å². The Morgan fingerprint density at radius 2 is 1.75 bits per heavy atom. The van der Waals surface area contributed by atoms with Gasteiger partial charge < -0.3 is 10.2 Å². The van der Waals surface area contributed by atoms with Crippen LogP contribution in [0, 0.1) is 5.92 Å². The predicted octanol–water partition coefficient (Wildman–Crippen LogP) is 3.98. The van der Waals surface area contributed by atoms with Crippen LogP contribution in [0.5, 0.6) is 0 Å². The van der Waals surface area contributed by atoms with Gasteiger partial charge in [0.2, 0.25) is 5.91 Å². The molecule has 1 N–H and O–H groups in total. The van der Waals surface area contributed by atoms with Crippen molar-refractivity contribution in [1.29, 1.82) is 0 Å². The van der Waals surface area contributed by atoms with Crippen molar-refractivity contribution in [2.75, 3.05) is 26.2 Å². The molecule has 134 valence electrons. The molecule has 0 radical (unpaired) electrons. The molecular weight excluding hydrogens is 296 g/mol. The van der Waals surface area contributed by atoms with E-state index in [9.17, 15) is 4.79 Å². The summed E-state index contributed by atoms with van der Waals surface area (Å²) in [6, 6.07) is 8.54. The normalized spacial score (nSPS) is 17.0. The van der Waals surface area contributed by atoms with Gasteiger partial charge >= 0.3 is 0 Å². The van der Waals surface area contributed by atoms with Crippen LogP contribution in [0.1, 0.15) is 63.5 Å². The van der Waals surface area contributed by atoms with Crippen LogP contribution in [0.15, 0.2) is 24.3 Å². The van der Waals surface area contributed by atoms with Gasteiger partial charge in [0.15, 0.2) is 0 Å². The molecule has 1 aliphatic rings. The van der Waals surface area contributed by atoms with Crippen LogP contribution < -0.4 is 5.32 Å². The molecular formula is C21H34N2O. The van der Waals surface area contributed by atoms with E-state index in [2.05, 4.69) is 48.3 Å². The summed E-state index contributed by atoms with van der Waals surface area (Å²) in [6.45, 7) is 10.8. The smallest absolute Gasteiger partial charge is 0.227 e. The van der Waals surface area contributed by atoms with Gasteiger partial charge in [-0.3, -0.25) is 4.79 Å². The number of rotatable bonds is 8. The van der Waals surface area contributed by atoms with Gasteiger partial charge in [0.25, 0.3) is 0 Å². The number of nitrogens with one attached hydrogen (secondary N) is 1. The summed E-state index contributed by atoms with van der Waals surface area (Å²) in [5, 5.41) is 3.10. The number of likely N-dealkylation sites (tertiary alicyclic amines) is 1. The van der Waals surface area contributed by atoms with Crippen molar-refractivity contribution in [2.24, 2.45) is 5.92 Å². The molecule has 0 unspecified atom stereocenters. The van der Waals surface area contributed by atoms with E-state index >= 15 is 0 Å². The number of amides is 1. The summed E-state index contributed by atoms with van der Waals surface area (Å²) in [6.07, 6.45) is 6.18. The Kier molecular flexibility index (Phi) is 7.77. The van der Waals surface area contributed by atoms with Gasteiger partial charge in [-0.1, -0.05) is 44.5 Å². The van der Waals surface area contributed by atoms with Crippen molar-refractivity contribution in [3.8, 4) is 0 Å². The molecule has 1 atom stereocenters. The Hall–Kier alpha value is -1.35. The second-order valence-electron chi connectivity index (χ2n) is 7.61. The summed E-state index contributed by atoms with van der Waals surface area (Å²) < 4.78 is 0. The van der Waals surface area contributed by atoms with Gasteiger partial charge in [-0.05, 0) is 69.3 Å². The summed E-state index contributed by atoms with van der Waals surface area (Å²) in [5.74, 6) is 0.731. The van der Waals surface area contributed by atoms with Gasteiger partial charge in [0, 0.05) is 6.54 Å². The van der Waals surface area contributed by atoms with Crippen LogP contribution in [-0.2, 0) is 11.2 Å². The first-order valence-electron chi connectivity index (χ1n) is 9.65. The molecule has 1 aromatic rings. The molecule has 1 saturated heterocycles. The number of piperidine rings is 1. The maximum atomic E-state index is 12.3. The Morgan fingerprint density at radius 3 is 2.38 bits per heavy atom. The maximum absolute atomic E-state index is 12.3. The van der Waals surface area contributed by atoms with Crippen molar-refractivity contribution in [3.05, 3.63) is 35.4 Å². The minimum atomic E-state index is -0.0758. The fourth-order valence-corrected chi connectivity index (χ4v) is 3.42. The SMILES string of the molecule is CC(C)Cc1ccc([C@@H](C)C(=O)NCCCN2CCCCC2)cc1. The Morgan fingerprint density at radius 1 is 1.08 bits per heavy atom. The van der Waals surface area contributed by atoms with Gasteiger partial charge in [-0.2, -0.15) is 0 Å². The van der Waals surface area contributed by atoms with Crippen LogP contribution in [0.25, 0.3) is 0 Å². The average Bonchev–Trinajstić information content (AvgIpc) is 2.59. The van der Waals surface area contributed by atoms with Crippen molar-refractivity contribution in [3.63, 3.8) is 0 Å². The lowest BCUT2D eigenvalue weighted by atomic mass is 9.96. The molecule has 0 aromatic heterocycles. The second kappa shape index (κ2) is 9.83. The van der Waals surface area contributed by atoms with Crippen molar-refractivity contribution in [1.82, 2.24) is 10.2 Å². The number of hydrogen-bond donors (Lipinski definition) is 1. The monoisotopic (exact) mass is 330 g/mol. The molecule has 3 nitrogen and oxygen atoms in total. The number of hydrogen-bond acceptors (Lipinski definition) is 2. The molecule has 24 heavy (non-hydrogen) atoms. The fraction of sp³-hybridized carbons (Fsp3) is 0.667. The van der Waals surface area contributed by atoms with Crippen LogP contribution >= 0.6 is 0 Å². The molecule has 0 spiro atoms. The molecule has 1 amide bonds. The zero-order valence-electron chi connectivity index (χ0n) is 15.7. The lowest BCUT2D eigenvalue weighted by Gasteiger charge is -2.26. The quantitative estimate of drug-likeness (QED) is 0.731. The van der Waals surface area contributed by atoms with Crippen molar-refractivity contribution >= 4 is 5.91 Å².